The number of nitrogens with zero attached hydrogens (tertiary/aromatic N) is 1. The predicted molar refractivity (Wildman–Crippen MR) is 107 cm³/mol. The maximum Gasteiger partial charge on any atom is 0.326 e. The summed E-state index contributed by atoms with van der Waals surface area (Å²) >= 11 is 1.51. The Morgan fingerprint density at radius 2 is 1.83 bits per heavy atom. The highest BCUT2D eigenvalue weighted by atomic mass is 32.2. The monoisotopic (exact) mass is 448 g/mol. The molecule has 0 saturated carbocycles. The first-order valence-electron chi connectivity index (χ1n) is 9.33. The molecule has 0 spiro atoms. The van der Waals surface area contributed by atoms with Gasteiger partial charge in [0.05, 0.1) is 19.1 Å². The van der Waals surface area contributed by atoms with Crippen molar-refractivity contribution in [3.05, 3.63) is 0 Å². The van der Waals surface area contributed by atoms with E-state index in [1.807, 2.05) is 6.26 Å². The molecule has 7 N–H and O–H groups in total. The predicted octanol–water partition coefficient (Wildman–Crippen LogP) is -2.42. The number of carboxylic acids is 2. The van der Waals surface area contributed by atoms with Crippen molar-refractivity contribution in [2.45, 2.75) is 49.9 Å². The zero-order valence-electron chi connectivity index (χ0n) is 16.6. The third-order valence-electron chi connectivity index (χ3n) is 4.60. The Morgan fingerprint density at radius 3 is 2.37 bits per heavy atom. The molecular formula is C17H28N4O8S. The van der Waals surface area contributed by atoms with E-state index in [0.717, 1.165) is 4.90 Å². The molecule has 170 valence electrons. The maximum absolute atomic E-state index is 12.8. The number of carboxylic acid groups (broad SMARTS) is 2. The number of aliphatic carboxylic acids is 2. The summed E-state index contributed by atoms with van der Waals surface area (Å²) < 4.78 is 0. The van der Waals surface area contributed by atoms with Gasteiger partial charge in [0.15, 0.2) is 0 Å². The molecule has 12 nitrogen and oxygen atoms in total. The molecule has 1 saturated heterocycles. The van der Waals surface area contributed by atoms with Gasteiger partial charge in [-0.3, -0.25) is 19.2 Å². The molecule has 0 aromatic carbocycles. The average molecular weight is 448 g/mol. The highest BCUT2D eigenvalue weighted by Crippen LogP contribution is 2.19. The molecule has 30 heavy (non-hydrogen) atoms. The van der Waals surface area contributed by atoms with E-state index in [0.29, 0.717) is 18.6 Å². The van der Waals surface area contributed by atoms with E-state index in [4.69, 9.17) is 15.9 Å². The first-order valence-corrected chi connectivity index (χ1v) is 10.7. The molecule has 1 fully saturated rings. The van der Waals surface area contributed by atoms with Crippen LogP contribution in [0.5, 0.6) is 0 Å². The summed E-state index contributed by atoms with van der Waals surface area (Å²) in [6, 6.07) is -4.84. The maximum atomic E-state index is 12.8. The van der Waals surface area contributed by atoms with Crippen molar-refractivity contribution in [2.24, 2.45) is 5.73 Å². The molecule has 0 aliphatic carbocycles. The fourth-order valence-corrected chi connectivity index (χ4v) is 3.48. The second-order valence-corrected chi connectivity index (χ2v) is 7.80. The third kappa shape index (κ3) is 7.46. The van der Waals surface area contributed by atoms with Crippen LogP contribution >= 0.6 is 11.8 Å². The van der Waals surface area contributed by atoms with Crippen LogP contribution in [0.3, 0.4) is 0 Å². The zero-order chi connectivity index (χ0) is 22.8. The Hall–Kier alpha value is -2.38. The molecular weight excluding hydrogens is 420 g/mol. The number of amides is 3. The smallest absolute Gasteiger partial charge is 0.326 e. The number of rotatable bonds is 12. The van der Waals surface area contributed by atoms with Crippen molar-refractivity contribution < 1.29 is 39.3 Å². The molecule has 3 amide bonds. The number of carbonyl (C=O) groups excluding carboxylic acids is 3. The van der Waals surface area contributed by atoms with Gasteiger partial charge < -0.3 is 36.6 Å². The number of likely N-dealkylation sites (tertiary alicyclic amines) is 1. The number of hydrogen-bond donors (Lipinski definition) is 6. The van der Waals surface area contributed by atoms with Crippen LogP contribution in [0.15, 0.2) is 0 Å². The van der Waals surface area contributed by atoms with E-state index < -0.39 is 66.9 Å². The van der Waals surface area contributed by atoms with Gasteiger partial charge >= 0.3 is 11.9 Å². The van der Waals surface area contributed by atoms with Gasteiger partial charge in [0, 0.05) is 6.54 Å². The van der Waals surface area contributed by atoms with Gasteiger partial charge in [0.1, 0.15) is 18.1 Å². The lowest BCUT2D eigenvalue weighted by Crippen LogP contribution is -2.58. The van der Waals surface area contributed by atoms with Crippen LogP contribution in [0.2, 0.25) is 0 Å². The number of nitrogens with two attached hydrogens (primary N) is 1. The quantitative estimate of drug-likeness (QED) is 0.187. The average Bonchev–Trinajstić information content (AvgIpc) is 3.18. The number of hydrogen-bond acceptors (Lipinski definition) is 8. The Morgan fingerprint density at radius 1 is 1.17 bits per heavy atom. The summed E-state index contributed by atoms with van der Waals surface area (Å²) in [6.45, 7) is -0.542. The molecule has 13 heteroatoms. The standard InChI is InChI=1S/C17H28N4O8S/c1-30-6-4-9(18)14(25)20-11(8-22)16(27)21-5-2-3-12(21)15(26)19-10(17(28)29)7-13(23)24/h9-12,22H,2-8,18H2,1H3,(H,19,26)(H,20,25)(H,23,24)(H,28,29). The lowest BCUT2D eigenvalue weighted by atomic mass is 10.1. The van der Waals surface area contributed by atoms with E-state index in [-0.39, 0.29) is 13.0 Å². The first kappa shape index (κ1) is 25.7. The van der Waals surface area contributed by atoms with Gasteiger partial charge in [-0.05, 0) is 31.3 Å². The Bertz CT molecular complexity index is 662. The second-order valence-electron chi connectivity index (χ2n) is 6.82. The van der Waals surface area contributed by atoms with Crippen LogP contribution in [0.1, 0.15) is 25.7 Å². The Labute approximate surface area is 177 Å². The molecule has 1 heterocycles. The highest BCUT2D eigenvalue weighted by Gasteiger charge is 2.39. The van der Waals surface area contributed by atoms with Crippen molar-refractivity contribution in [3.8, 4) is 0 Å². The number of aliphatic hydroxyl groups excluding tert-OH is 1. The molecule has 0 radical (unpaired) electrons. The lowest BCUT2D eigenvalue weighted by molar-refractivity contribution is -0.148. The summed E-state index contributed by atoms with van der Waals surface area (Å²) in [5.74, 6) is -4.39. The van der Waals surface area contributed by atoms with E-state index in [1.165, 1.54) is 11.8 Å². The number of aliphatic hydroxyl groups is 1. The largest absolute Gasteiger partial charge is 0.481 e. The van der Waals surface area contributed by atoms with Crippen molar-refractivity contribution >= 4 is 41.4 Å². The van der Waals surface area contributed by atoms with Gasteiger partial charge in [0.2, 0.25) is 17.7 Å². The fraction of sp³-hybridized carbons (Fsp3) is 0.706. The van der Waals surface area contributed by atoms with Gasteiger partial charge in [-0.15, -0.1) is 0 Å². The minimum Gasteiger partial charge on any atom is -0.481 e. The van der Waals surface area contributed by atoms with E-state index in [9.17, 15) is 29.1 Å². The van der Waals surface area contributed by atoms with Crippen molar-refractivity contribution in [1.82, 2.24) is 15.5 Å². The van der Waals surface area contributed by atoms with Gasteiger partial charge in [0.25, 0.3) is 0 Å². The third-order valence-corrected chi connectivity index (χ3v) is 5.24. The SMILES string of the molecule is CSCCC(N)C(=O)NC(CO)C(=O)N1CCCC1C(=O)NC(CC(=O)O)C(=O)O. The van der Waals surface area contributed by atoms with E-state index in [2.05, 4.69) is 10.6 Å². The van der Waals surface area contributed by atoms with Crippen molar-refractivity contribution in [1.29, 1.82) is 0 Å². The van der Waals surface area contributed by atoms with Crippen LogP contribution in [-0.4, -0.2) is 99.2 Å². The van der Waals surface area contributed by atoms with Crippen LogP contribution in [0.4, 0.5) is 0 Å². The van der Waals surface area contributed by atoms with E-state index in [1.54, 1.807) is 0 Å². The van der Waals surface area contributed by atoms with Gasteiger partial charge in [-0.1, -0.05) is 0 Å². The number of carbonyl (C=O) groups is 5. The molecule has 0 aromatic rings. The summed E-state index contributed by atoms with van der Waals surface area (Å²) in [6.07, 6.45) is 2.10. The Balaban J connectivity index is 2.81. The van der Waals surface area contributed by atoms with Gasteiger partial charge in [-0.2, -0.15) is 11.8 Å². The van der Waals surface area contributed by atoms with Gasteiger partial charge in [-0.25, -0.2) is 4.79 Å². The first-order chi connectivity index (χ1) is 14.1. The number of nitrogens with one attached hydrogen (secondary N) is 2. The number of thioether (sulfide) groups is 1. The van der Waals surface area contributed by atoms with E-state index >= 15 is 0 Å². The van der Waals surface area contributed by atoms with Crippen molar-refractivity contribution in [3.63, 3.8) is 0 Å². The summed E-state index contributed by atoms with van der Waals surface area (Å²) in [5, 5.41) is 31.9. The van der Waals surface area contributed by atoms with Crippen LogP contribution < -0.4 is 16.4 Å². The minimum absolute atomic E-state index is 0.165. The topological polar surface area (TPSA) is 199 Å². The molecule has 1 aliphatic rings. The van der Waals surface area contributed by atoms with Crippen molar-refractivity contribution in [2.75, 3.05) is 25.2 Å². The van der Waals surface area contributed by atoms with Crippen LogP contribution in [-0.2, 0) is 24.0 Å². The second kappa shape index (κ2) is 12.3. The molecule has 1 rings (SSSR count). The lowest BCUT2D eigenvalue weighted by Gasteiger charge is -2.29. The summed E-state index contributed by atoms with van der Waals surface area (Å²) in [4.78, 5) is 60.5. The minimum atomic E-state index is -1.64. The Kier molecular flexibility index (Phi) is 10.6. The molecule has 0 bridgehead atoms. The fourth-order valence-electron chi connectivity index (χ4n) is 2.99. The zero-order valence-corrected chi connectivity index (χ0v) is 17.4. The molecule has 1 aliphatic heterocycles. The summed E-state index contributed by atoms with van der Waals surface area (Å²) in [7, 11) is 0. The van der Waals surface area contributed by atoms with Crippen LogP contribution in [0.25, 0.3) is 0 Å². The summed E-state index contributed by atoms with van der Waals surface area (Å²) in [5.41, 5.74) is 5.76. The highest BCUT2D eigenvalue weighted by molar-refractivity contribution is 7.98. The molecule has 4 atom stereocenters. The normalized spacial score (nSPS) is 18.9. The molecule has 4 unspecified atom stereocenters. The molecule has 0 aromatic heterocycles. The van der Waals surface area contributed by atoms with Crippen LogP contribution in [0, 0.1) is 0 Å².